The number of likely N-dealkylation sites (tertiary alicyclic amines) is 1. The van der Waals surface area contributed by atoms with E-state index in [1.165, 1.54) is 5.56 Å². The van der Waals surface area contributed by atoms with Gasteiger partial charge in [0.15, 0.2) is 0 Å². The van der Waals surface area contributed by atoms with E-state index in [-0.39, 0.29) is 0 Å². The summed E-state index contributed by atoms with van der Waals surface area (Å²) in [5, 5.41) is 0.588. The summed E-state index contributed by atoms with van der Waals surface area (Å²) in [4.78, 5) is 13.5. The molecule has 22 heavy (non-hydrogen) atoms. The van der Waals surface area contributed by atoms with Crippen LogP contribution in [-0.4, -0.2) is 41.5 Å². The molecule has 114 valence electrons. The minimum Gasteiger partial charge on any atom is -0.340 e. The van der Waals surface area contributed by atoms with Crippen LogP contribution in [0.1, 0.15) is 11.6 Å². The molecule has 0 N–H and O–H groups in total. The summed E-state index contributed by atoms with van der Waals surface area (Å²) in [6.07, 6.45) is 3.36. The maximum atomic E-state index is 5.89. The Labute approximate surface area is 135 Å². The molecule has 0 aliphatic carbocycles. The molecule has 2 aliphatic rings. The average Bonchev–Trinajstić information content (AvgIpc) is 3.05. The van der Waals surface area contributed by atoms with E-state index in [0.717, 1.165) is 25.6 Å². The van der Waals surface area contributed by atoms with E-state index < -0.39 is 0 Å². The highest BCUT2D eigenvalue weighted by Gasteiger charge is 2.46. The van der Waals surface area contributed by atoms with Gasteiger partial charge in [0.25, 0.3) is 0 Å². The standard InChI is InChI=1S/C17H19ClN4/c1-21-9-13-10-22(17-19-7-14(18)8-20-17)11-15(13)16(21)12-5-3-2-4-6-12/h2-8,13,15-16H,9-11H2,1H3/t13-,15+,16+/m1/s1. The Morgan fingerprint density at radius 3 is 2.50 bits per heavy atom. The van der Waals surface area contributed by atoms with Crippen LogP contribution in [0.4, 0.5) is 5.95 Å². The molecule has 4 rings (SSSR count). The minimum atomic E-state index is 0.489. The Kier molecular flexibility index (Phi) is 3.51. The van der Waals surface area contributed by atoms with Crippen molar-refractivity contribution >= 4 is 17.5 Å². The lowest BCUT2D eigenvalue weighted by Crippen LogP contribution is -2.29. The zero-order valence-electron chi connectivity index (χ0n) is 12.6. The van der Waals surface area contributed by atoms with Gasteiger partial charge in [-0.1, -0.05) is 41.9 Å². The monoisotopic (exact) mass is 314 g/mol. The first kappa shape index (κ1) is 14.0. The molecule has 0 spiro atoms. The van der Waals surface area contributed by atoms with Crippen LogP contribution in [0.2, 0.25) is 5.02 Å². The lowest BCUT2D eigenvalue weighted by Gasteiger charge is -2.26. The van der Waals surface area contributed by atoms with Crippen molar-refractivity contribution < 1.29 is 0 Å². The molecular weight excluding hydrogens is 296 g/mol. The summed E-state index contributed by atoms with van der Waals surface area (Å²) < 4.78 is 0. The lowest BCUT2D eigenvalue weighted by atomic mass is 9.90. The molecule has 0 radical (unpaired) electrons. The number of nitrogens with zero attached hydrogens (tertiary/aromatic N) is 4. The number of hydrogen-bond acceptors (Lipinski definition) is 4. The smallest absolute Gasteiger partial charge is 0.225 e. The largest absolute Gasteiger partial charge is 0.340 e. The van der Waals surface area contributed by atoms with E-state index in [2.05, 4.69) is 57.1 Å². The Hall–Kier alpha value is -1.65. The Balaban J connectivity index is 1.57. The van der Waals surface area contributed by atoms with E-state index in [0.29, 0.717) is 22.9 Å². The van der Waals surface area contributed by atoms with Crippen LogP contribution in [-0.2, 0) is 0 Å². The van der Waals surface area contributed by atoms with Gasteiger partial charge in [-0.3, -0.25) is 4.90 Å². The summed E-state index contributed by atoms with van der Waals surface area (Å²) in [7, 11) is 2.24. The van der Waals surface area contributed by atoms with Crippen molar-refractivity contribution in [1.82, 2.24) is 14.9 Å². The van der Waals surface area contributed by atoms with Crippen molar-refractivity contribution in [2.75, 3.05) is 31.6 Å². The van der Waals surface area contributed by atoms with E-state index in [1.807, 2.05) is 0 Å². The van der Waals surface area contributed by atoms with Gasteiger partial charge in [0.1, 0.15) is 0 Å². The predicted molar refractivity (Wildman–Crippen MR) is 88.0 cm³/mol. The van der Waals surface area contributed by atoms with Crippen LogP contribution in [0, 0.1) is 11.8 Å². The van der Waals surface area contributed by atoms with Crippen LogP contribution in [0.15, 0.2) is 42.7 Å². The summed E-state index contributed by atoms with van der Waals surface area (Å²) >= 11 is 5.89. The maximum Gasteiger partial charge on any atom is 0.225 e. The van der Waals surface area contributed by atoms with Crippen molar-refractivity contribution in [3.05, 3.63) is 53.3 Å². The first-order chi connectivity index (χ1) is 10.7. The van der Waals surface area contributed by atoms with Crippen LogP contribution in [0.3, 0.4) is 0 Å². The molecule has 0 saturated carbocycles. The maximum absolute atomic E-state index is 5.89. The summed E-state index contributed by atoms with van der Waals surface area (Å²) in [5.41, 5.74) is 1.41. The number of fused-ring (bicyclic) bond motifs is 1. The molecule has 0 amide bonds. The Morgan fingerprint density at radius 1 is 1.05 bits per heavy atom. The second-order valence-electron chi connectivity index (χ2n) is 6.33. The van der Waals surface area contributed by atoms with Crippen LogP contribution in [0.25, 0.3) is 0 Å². The minimum absolute atomic E-state index is 0.489. The normalized spacial score (nSPS) is 28.1. The molecule has 5 heteroatoms. The van der Waals surface area contributed by atoms with E-state index in [1.54, 1.807) is 12.4 Å². The van der Waals surface area contributed by atoms with Gasteiger partial charge in [-0.05, 0) is 18.5 Å². The fourth-order valence-electron chi connectivity index (χ4n) is 4.04. The van der Waals surface area contributed by atoms with Crippen molar-refractivity contribution in [2.45, 2.75) is 6.04 Å². The van der Waals surface area contributed by atoms with Gasteiger partial charge < -0.3 is 4.90 Å². The lowest BCUT2D eigenvalue weighted by molar-refractivity contribution is 0.279. The number of aromatic nitrogens is 2. The van der Waals surface area contributed by atoms with Gasteiger partial charge in [-0.15, -0.1) is 0 Å². The SMILES string of the molecule is CN1C[C@@H]2CN(c3ncc(Cl)cn3)C[C@@H]2[C@@H]1c1ccccc1. The third-order valence-electron chi connectivity index (χ3n) is 4.93. The van der Waals surface area contributed by atoms with E-state index in [4.69, 9.17) is 11.6 Å². The molecule has 1 aromatic heterocycles. The first-order valence-electron chi connectivity index (χ1n) is 7.70. The van der Waals surface area contributed by atoms with E-state index in [9.17, 15) is 0 Å². The van der Waals surface area contributed by atoms with Crippen molar-refractivity contribution in [1.29, 1.82) is 0 Å². The number of hydrogen-bond donors (Lipinski definition) is 0. The summed E-state index contributed by atoms with van der Waals surface area (Å²) in [5.74, 6) is 2.11. The highest BCUT2D eigenvalue weighted by Crippen LogP contribution is 2.44. The fourth-order valence-corrected chi connectivity index (χ4v) is 4.14. The van der Waals surface area contributed by atoms with Crippen LogP contribution < -0.4 is 4.90 Å². The van der Waals surface area contributed by atoms with Gasteiger partial charge in [0.2, 0.25) is 5.95 Å². The van der Waals surface area contributed by atoms with Crippen LogP contribution in [0.5, 0.6) is 0 Å². The second kappa shape index (κ2) is 5.52. The highest BCUT2D eigenvalue weighted by atomic mass is 35.5. The molecule has 3 heterocycles. The fraction of sp³-hybridized carbons (Fsp3) is 0.412. The quantitative estimate of drug-likeness (QED) is 0.853. The molecule has 2 aromatic rings. The van der Waals surface area contributed by atoms with Crippen molar-refractivity contribution in [2.24, 2.45) is 11.8 Å². The van der Waals surface area contributed by atoms with Crippen molar-refractivity contribution in [3.8, 4) is 0 Å². The zero-order chi connectivity index (χ0) is 15.1. The number of benzene rings is 1. The van der Waals surface area contributed by atoms with Gasteiger partial charge in [0.05, 0.1) is 17.4 Å². The molecule has 2 saturated heterocycles. The average molecular weight is 315 g/mol. The number of anilines is 1. The molecular formula is C17H19ClN4. The van der Waals surface area contributed by atoms with Gasteiger partial charge in [-0.2, -0.15) is 0 Å². The highest BCUT2D eigenvalue weighted by molar-refractivity contribution is 6.30. The summed E-state index contributed by atoms with van der Waals surface area (Å²) in [6, 6.07) is 11.3. The second-order valence-corrected chi connectivity index (χ2v) is 6.76. The molecule has 1 aromatic carbocycles. The Bertz CT molecular complexity index is 645. The van der Waals surface area contributed by atoms with E-state index >= 15 is 0 Å². The predicted octanol–water partition coefficient (Wildman–Crippen LogP) is 2.87. The zero-order valence-corrected chi connectivity index (χ0v) is 13.3. The van der Waals surface area contributed by atoms with Crippen LogP contribution >= 0.6 is 11.6 Å². The van der Waals surface area contributed by atoms with Crippen molar-refractivity contribution in [3.63, 3.8) is 0 Å². The van der Waals surface area contributed by atoms with Gasteiger partial charge in [-0.25, -0.2) is 9.97 Å². The number of rotatable bonds is 2. The number of halogens is 1. The van der Waals surface area contributed by atoms with Gasteiger partial charge in [0, 0.05) is 31.6 Å². The molecule has 0 bridgehead atoms. The molecule has 2 fully saturated rings. The summed E-state index contributed by atoms with van der Waals surface area (Å²) in [6.45, 7) is 3.17. The third-order valence-corrected chi connectivity index (χ3v) is 5.12. The molecule has 2 aliphatic heterocycles. The third kappa shape index (κ3) is 2.36. The van der Waals surface area contributed by atoms with Gasteiger partial charge >= 0.3 is 0 Å². The topological polar surface area (TPSA) is 32.3 Å². The molecule has 4 nitrogen and oxygen atoms in total. The first-order valence-corrected chi connectivity index (χ1v) is 8.08. The Morgan fingerprint density at radius 2 is 1.77 bits per heavy atom. The molecule has 0 unspecified atom stereocenters. The molecule has 3 atom stereocenters.